The van der Waals surface area contributed by atoms with E-state index in [-0.39, 0.29) is 6.10 Å². The molecule has 0 aromatic heterocycles. The Bertz CT molecular complexity index is 169. The monoisotopic (exact) mass is 169 g/mol. The van der Waals surface area contributed by atoms with E-state index in [1.54, 1.807) is 0 Å². The minimum atomic E-state index is -0.00935. The molecule has 3 aliphatic rings. The predicted octanol–water partition coefficient (Wildman–Crippen LogP) is 1.10. The van der Waals surface area contributed by atoms with Crippen molar-refractivity contribution >= 4 is 0 Å². The Kier molecular flexibility index (Phi) is 2.13. The van der Waals surface area contributed by atoms with Gasteiger partial charge in [-0.1, -0.05) is 0 Å². The molecule has 3 saturated carbocycles. The van der Waals surface area contributed by atoms with Crippen LogP contribution in [0.3, 0.4) is 0 Å². The van der Waals surface area contributed by atoms with Gasteiger partial charge < -0.3 is 10.0 Å². The fourth-order valence-corrected chi connectivity index (χ4v) is 3.03. The van der Waals surface area contributed by atoms with E-state index < -0.39 is 0 Å². The molecule has 12 heavy (non-hydrogen) atoms. The summed E-state index contributed by atoms with van der Waals surface area (Å²) in [6.07, 6.45) is 4.97. The average Bonchev–Trinajstić information content (AvgIpc) is 2.04. The first kappa shape index (κ1) is 8.52. The molecule has 1 N–H and O–H groups in total. The summed E-state index contributed by atoms with van der Waals surface area (Å²) in [5.74, 6) is 1.36. The van der Waals surface area contributed by atoms with Gasteiger partial charge in [-0.25, -0.2) is 0 Å². The molecule has 0 amide bonds. The first-order chi connectivity index (χ1) is 5.68. The molecule has 3 aliphatic carbocycles. The van der Waals surface area contributed by atoms with Crippen molar-refractivity contribution in [3.05, 3.63) is 0 Å². The molecule has 0 saturated heterocycles. The highest BCUT2D eigenvalue weighted by Gasteiger charge is 2.41. The summed E-state index contributed by atoms with van der Waals surface area (Å²) in [4.78, 5) is 2.29. The van der Waals surface area contributed by atoms with Gasteiger partial charge in [0.1, 0.15) is 0 Å². The lowest BCUT2D eigenvalue weighted by atomic mass is 9.66. The van der Waals surface area contributed by atoms with E-state index in [1.807, 2.05) is 0 Å². The number of aliphatic hydroxyl groups is 1. The Labute approximate surface area is 74.6 Å². The van der Waals surface area contributed by atoms with Crippen molar-refractivity contribution in [2.45, 2.75) is 37.8 Å². The number of nitrogens with zero attached hydrogens (tertiary/aromatic N) is 1. The maximum atomic E-state index is 9.79. The second-order valence-corrected chi connectivity index (χ2v) is 4.68. The van der Waals surface area contributed by atoms with Crippen LogP contribution in [0.25, 0.3) is 0 Å². The van der Waals surface area contributed by atoms with E-state index in [9.17, 15) is 5.11 Å². The smallest absolute Gasteiger partial charge is 0.0586 e. The molecule has 2 bridgehead atoms. The van der Waals surface area contributed by atoms with Crippen molar-refractivity contribution in [2.24, 2.45) is 11.8 Å². The number of hydrogen-bond donors (Lipinski definition) is 1. The zero-order valence-electron chi connectivity index (χ0n) is 8.03. The molecule has 2 heteroatoms. The molecule has 0 spiro atoms. The standard InChI is InChI=1S/C10H19NO/c1-11(2)9-5-7-3-4-8(9)10(12)6-7/h7-10,12H,3-6H2,1-2H3/t7-,8+,9+,10-/m1/s1. The van der Waals surface area contributed by atoms with Crippen LogP contribution in [0.5, 0.6) is 0 Å². The third-order valence-corrected chi connectivity index (χ3v) is 3.71. The molecule has 2 nitrogen and oxygen atoms in total. The first-order valence-electron chi connectivity index (χ1n) is 5.03. The predicted molar refractivity (Wildman–Crippen MR) is 48.9 cm³/mol. The Balaban J connectivity index is 2.09. The zero-order chi connectivity index (χ0) is 8.72. The van der Waals surface area contributed by atoms with Gasteiger partial charge in [-0.3, -0.25) is 0 Å². The lowest BCUT2D eigenvalue weighted by Gasteiger charge is -2.48. The third kappa shape index (κ3) is 1.27. The lowest BCUT2D eigenvalue weighted by molar-refractivity contribution is -0.0470. The van der Waals surface area contributed by atoms with Crippen LogP contribution in [-0.4, -0.2) is 36.2 Å². The third-order valence-electron chi connectivity index (χ3n) is 3.71. The zero-order valence-corrected chi connectivity index (χ0v) is 8.03. The van der Waals surface area contributed by atoms with Crippen molar-refractivity contribution in [3.8, 4) is 0 Å². The average molecular weight is 169 g/mol. The summed E-state index contributed by atoms with van der Waals surface area (Å²) in [7, 11) is 4.27. The number of fused-ring (bicyclic) bond motifs is 3. The molecule has 0 aromatic rings. The number of rotatable bonds is 1. The first-order valence-corrected chi connectivity index (χ1v) is 5.03. The normalized spacial score (nSPS) is 47.0. The van der Waals surface area contributed by atoms with Gasteiger partial charge in [-0.05, 0) is 45.7 Å². The Morgan fingerprint density at radius 1 is 1.17 bits per heavy atom. The highest BCUT2D eigenvalue weighted by atomic mass is 16.3. The molecule has 70 valence electrons. The van der Waals surface area contributed by atoms with Crippen LogP contribution >= 0.6 is 0 Å². The second-order valence-electron chi connectivity index (χ2n) is 4.68. The number of aliphatic hydroxyl groups excluding tert-OH is 1. The molecule has 0 radical (unpaired) electrons. The molecule has 3 rings (SSSR count). The molecule has 4 atom stereocenters. The maximum absolute atomic E-state index is 9.79. The highest BCUT2D eigenvalue weighted by Crippen LogP contribution is 2.42. The van der Waals surface area contributed by atoms with Crippen molar-refractivity contribution in [1.29, 1.82) is 0 Å². The SMILES string of the molecule is CN(C)[C@H]1C[C@H]2CC[C@@H]1[C@H](O)C2. The van der Waals surface area contributed by atoms with Crippen molar-refractivity contribution in [1.82, 2.24) is 4.90 Å². The quantitative estimate of drug-likeness (QED) is 0.635. The molecule has 0 unspecified atom stereocenters. The van der Waals surface area contributed by atoms with Crippen molar-refractivity contribution in [3.63, 3.8) is 0 Å². The molecule has 3 fully saturated rings. The summed E-state index contributed by atoms with van der Waals surface area (Å²) in [6.45, 7) is 0. The maximum Gasteiger partial charge on any atom is 0.0586 e. The lowest BCUT2D eigenvalue weighted by Crippen LogP contribution is -2.50. The van der Waals surface area contributed by atoms with Gasteiger partial charge in [0.2, 0.25) is 0 Å². The van der Waals surface area contributed by atoms with Gasteiger partial charge in [0.05, 0.1) is 6.10 Å². The Hall–Kier alpha value is -0.0800. The minimum absolute atomic E-state index is 0.00935. The fourth-order valence-electron chi connectivity index (χ4n) is 3.03. The van der Waals surface area contributed by atoms with E-state index in [0.717, 1.165) is 12.3 Å². The molecule has 0 aliphatic heterocycles. The summed E-state index contributed by atoms with van der Waals surface area (Å²) in [5, 5.41) is 9.79. The van der Waals surface area contributed by atoms with Crippen molar-refractivity contribution < 1.29 is 5.11 Å². The Morgan fingerprint density at radius 2 is 1.92 bits per heavy atom. The van der Waals surface area contributed by atoms with E-state index >= 15 is 0 Å². The van der Waals surface area contributed by atoms with E-state index in [0.29, 0.717) is 12.0 Å². The van der Waals surface area contributed by atoms with Gasteiger partial charge in [0.25, 0.3) is 0 Å². The summed E-state index contributed by atoms with van der Waals surface area (Å²) < 4.78 is 0. The van der Waals surface area contributed by atoms with Crippen LogP contribution in [0, 0.1) is 11.8 Å². The van der Waals surface area contributed by atoms with Gasteiger partial charge in [-0.15, -0.1) is 0 Å². The van der Waals surface area contributed by atoms with Gasteiger partial charge >= 0.3 is 0 Å². The summed E-state index contributed by atoms with van der Waals surface area (Å²) >= 11 is 0. The summed E-state index contributed by atoms with van der Waals surface area (Å²) in [5.41, 5.74) is 0. The molecular formula is C10H19NO. The van der Waals surface area contributed by atoms with Crippen LogP contribution in [0.2, 0.25) is 0 Å². The number of hydrogen-bond acceptors (Lipinski definition) is 2. The molecular weight excluding hydrogens is 150 g/mol. The minimum Gasteiger partial charge on any atom is -0.393 e. The Morgan fingerprint density at radius 3 is 2.33 bits per heavy atom. The fraction of sp³-hybridized carbons (Fsp3) is 1.00. The van der Waals surface area contributed by atoms with E-state index in [1.165, 1.54) is 19.3 Å². The summed E-state index contributed by atoms with van der Waals surface area (Å²) in [6, 6.07) is 0.646. The second kappa shape index (κ2) is 3.00. The highest BCUT2D eigenvalue weighted by molar-refractivity contribution is 4.95. The van der Waals surface area contributed by atoms with Crippen LogP contribution in [0.4, 0.5) is 0 Å². The van der Waals surface area contributed by atoms with E-state index in [2.05, 4.69) is 19.0 Å². The topological polar surface area (TPSA) is 23.5 Å². The van der Waals surface area contributed by atoms with Crippen LogP contribution in [0.15, 0.2) is 0 Å². The van der Waals surface area contributed by atoms with Crippen LogP contribution in [0.1, 0.15) is 25.7 Å². The van der Waals surface area contributed by atoms with Gasteiger partial charge in [-0.2, -0.15) is 0 Å². The van der Waals surface area contributed by atoms with Gasteiger partial charge in [0, 0.05) is 12.0 Å². The van der Waals surface area contributed by atoms with Crippen molar-refractivity contribution in [2.75, 3.05) is 14.1 Å². The molecule has 0 heterocycles. The van der Waals surface area contributed by atoms with Gasteiger partial charge in [0.15, 0.2) is 0 Å². The van der Waals surface area contributed by atoms with Crippen LogP contribution < -0.4 is 0 Å². The molecule has 0 aromatic carbocycles. The van der Waals surface area contributed by atoms with E-state index in [4.69, 9.17) is 0 Å². The van der Waals surface area contributed by atoms with Crippen LogP contribution in [-0.2, 0) is 0 Å². The largest absolute Gasteiger partial charge is 0.393 e.